The second-order valence-corrected chi connectivity index (χ2v) is 9.24. The lowest BCUT2D eigenvalue weighted by Gasteiger charge is -2.31. The smallest absolute Gasteiger partial charge is 0.337 e. The molecule has 0 aliphatic carbocycles. The third-order valence-corrected chi connectivity index (χ3v) is 6.35. The zero-order valence-corrected chi connectivity index (χ0v) is 19.3. The van der Waals surface area contributed by atoms with Crippen LogP contribution in [-0.2, 0) is 20.9 Å². The summed E-state index contributed by atoms with van der Waals surface area (Å²) in [5.74, 6) is -1.09. The van der Waals surface area contributed by atoms with Gasteiger partial charge in [-0.3, -0.25) is 19.0 Å². The zero-order chi connectivity index (χ0) is 23.4. The Labute approximate surface area is 190 Å². The number of fused-ring (bicyclic) bond motifs is 1. The average Bonchev–Trinajstić information content (AvgIpc) is 2.78. The Hall–Kier alpha value is -2.88. The van der Waals surface area contributed by atoms with E-state index < -0.39 is 11.9 Å². The summed E-state index contributed by atoms with van der Waals surface area (Å²) in [5, 5.41) is 0.810. The number of carbonyl (C=O) groups is 3. The first-order valence-corrected chi connectivity index (χ1v) is 11.5. The van der Waals surface area contributed by atoms with Gasteiger partial charge in [-0.25, -0.2) is 9.78 Å². The van der Waals surface area contributed by atoms with Gasteiger partial charge in [-0.05, 0) is 37.0 Å². The van der Waals surface area contributed by atoms with Crippen molar-refractivity contribution in [2.24, 2.45) is 17.6 Å². The van der Waals surface area contributed by atoms with Gasteiger partial charge in [0.2, 0.25) is 11.8 Å². The Morgan fingerprint density at radius 1 is 1.31 bits per heavy atom. The summed E-state index contributed by atoms with van der Waals surface area (Å²) in [6.07, 6.45) is 1.42. The minimum Gasteiger partial charge on any atom is -0.465 e. The second-order valence-electron chi connectivity index (χ2n) is 8.30. The fourth-order valence-corrected chi connectivity index (χ4v) is 4.65. The number of piperidine rings is 1. The molecule has 10 heteroatoms. The molecule has 32 heavy (non-hydrogen) atoms. The highest BCUT2D eigenvalue weighted by molar-refractivity contribution is 7.99. The van der Waals surface area contributed by atoms with Gasteiger partial charge in [0, 0.05) is 19.6 Å². The van der Waals surface area contributed by atoms with Crippen molar-refractivity contribution >= 4 is 40.4 Å². The number of methoxy groups -OCH3 is 1. The molecule has 172 valence electrons. The van der Waals surface area contributed by atoms with Crippen molar-refractivity contribution in [3.05, 3.63) is 34.1 Å². The molecule has 0 saturated carbocycles. The minimum atomic E-state index is -0.515. The minimum absolute atomic E-state index is 0.0816. The Morgan fingerprint density at radius 3 is 2.72 bits per heavy atom. The molecule has 2 N–H and O–H groups in total. The molecule has 1 aromatic carbocycles. The summed E-state index contributed by atoms with van der Waals surface area (Å²) >= 11 is 1.18. The van der Waals surface area contributed by atoms with Crippen LogP contribution >= 0.6 is 11.8 Å². The molecule has 3 rings (SSSR count). The van der Waals surface area contributed by atoms with Crippen LogP contribution < -0.4 is 11.3 Å². The predicted molar refractivity (Wildman–Crippen MR) is 121 cm³/mol. The average molecular weight is 461 g/mol. The Bertz CT molecular complexity index is 1100. The summed E-state index contributed by atoms with van der Waals surface area (Å²) in [7, 11) is 1.29. The van der Waals surface area contributed by atoms with Gasteiger partial charge in [0.1, 0.15) is 0 Å². The number of nitrogens with zero attached hydrogens (tertiary/aromatic N) is 3. The maximum Gasteiger partial charge on any atom is 0.337 e. The number of likely N-dealkylation sites (tertiary alicyclic amines) is 1. The highest BCUT2D eigenvalue weighted by Crippen LogP contribution is 2.22. The quantitative estimate of drug-likeness (QED) is 0.378. The van der Waals surface area contributed by atoms with Crippen LogP contribution in [0.2, 0.25) is 0 Å². The fourth-order valence-electron chi connectivity index (χ4n) is 3.74. The molecule has 1 aromatic heterocycles. The van der Waals surface area contributed by atoms with E-state index in [1.165, 1.54) is 24.9 Å². The lowest BCUT2D eigenvalue weighted by atomic mass is 9.97. The number of carbonyl (C=O) groups excluding carboxylic acids is 3. The van der Waals surface area contributed by atoms with E-state index in [2.05, 4.69) is 4.98 Å². The predicted octanol–water partition coefficient (Wildman–Crippen LogP) is 1.66. The van der Waals surface area contributed by atoms with Crippen molar-refractivity contribution in [2.75, 3.05) is 26.0 Å². The van der Waals surface area contributed by atoms with Crippen molar-refractivity contribution in [1.82, 2.24) is 14.5 Å². The molecule has 1 aliphatic heterocycles. The number of rotatable bonds is 7. The van der Waals surface area contributed by atoms with E-state index in [1.807, 2.05) is 13.8 Å². The van der Waals surface area contributed by atoms with Crippen LogP contribution in [0.25, 0.3) is 10.9 Å². The van der Waals surface area contributed by atoms with E-state index in [-0.39, 0.29) is 29.1 Å². The summed E-state index contributed by atoms with van der Waals surface area (Å²) in [4.78, 5) is 55.6. The molecule has 1 fully saturated rings. The summed E-state index contributed by atoms with van der Waals surface area (Å²) in [6.45, 7) is 5.34. The van der Waals surface area contributed by atoms with Gasteiger partial charge >= 0.3 is 5.97 Å². The molecule has 2 amide bonds. The molecule has 9 nitrogen and oxygen atoms in total. The number of nitrogens with two attached hydrogens (primary N) is 1. The lowest BCUT2D eigenvalue weighted by molar-refractivity contribution is -0.132. The van der Waals surface area contributed by atoms with Crippen LogP contribution in [0, 0.1) is 11.8 Å². The van der Waals surface area contributed by atoms with E-state index >= 15 is 0 Å². The molecule has 1 unspecified atom stereocenters. The fraction of sp³-hybridized carbons (Fsp3) is 0.500. The maximum atomic E-state index is 13.1. The number of benzene rings is 1. The van der Waals surface area contributed by atoms with Crippen molar-refractivity contribution in [2.45, 2.75) is 38.4 Å². The monoisotopic (exact) mass is 460 g/mol. The summed E-state index contributed by atoms with van der Waals surface area (Å²) in [5.41, 5.74) is 5.86. The van der Waals surface area contributed by atoms with Gasteiger partial charge in [0.05, 0.1) is 35.2 Å². The number of ether oxygens (including phenoxy) is 1. The normalized spacial score (nSPS) is 16.4. The van der Waals surface area contributed by atoms with E-state index in [0.29, 0.717) is 47.7 Å². The van der Waals surface area contributed by atoms with E-state index in [9.17, 15) is 19.2 Å². The van der Waals surface area contributed by atoms with Crippen LogP contribution in [0.3, 0.4) is 0 Å². The zero-order valence-electron chi connectivity index (χ0n) is 18.5. The Balaban J connectivity index is 1.89. The van der Waals surface area contributed by atoms with Crippen LogP contribution in [0.4, 0.5) is 0 Å². The molecule has 0 radical (unpaired) electrons. The van der Waals surface area contributed by atoms with E-state index in [0.717, 1.165) is 6.42 Å². The molecule has 2 heterocycles. The van der Waals surface area contributed by atoms with E-state index in [1.54, 1.807) is 21.6 Å². The standard InChI is InChI=1S/C22H28N4O5S/c1-13(2)10-26-20(29)16-7-6-14(21(30)31-3)9-17(16)24-22(26)32-12-18(27)25-8-4-5-15(11-25)19(23)28/h6-7,9,13,15H,4-5,8,10-12H2,1-3H3,(H2,23,28). The van der Waals surface area contributed by atoms with Crippen molar-refractivity contribution in [3.63, 3.8) is 0 Å². The topological polar surface area (TPSA) is 125 Å². The molecule has 0 bridgehead atoms. The van der Waals surface area contributed by atoms with Crippen LogP contribution in [0.5, 0.6) is 0 Å². The third kappa shape index (κ3) is 5.29. The molecule has 1 atom stereocenters. The van der Waals surface area contributed by atoms with Gasteiger partial charge in [-0.1, -0.05) is 25.6 Å². The maximum absolute atomic E-state index is 13.1. The largest absolute Gasteiger partial charge is 0.465 e. The van der Waals surface area contributed by atoms with Gasteiger partial charge in [0.25, 0.3) is 5.56 Å². The number of amides is 2. The Kier molecular flexibility index (Phi) is 7.55. The van der Waals surface area contributed by atoms with E-state index in [4.69, 9.17) is 10.5 Å². The number of thioether (sulfide) groups is 1. The Morgan fingerprint density at radius 2 is 2.06 bits per heavy atom. The molecular formula is C22H28N4O5S. The van der Waals surface area contributed by atoms with Crippen LogP contribution in [0.15, 0.2) is 28.2 Å². The van der Waals surface area contributed by atoms with Crippen LogP contribution in [-0.4, -0.2) is 58.2 Å². The molecular weight excluding hydrogens is 432 g/mol. The third-order valence-electron chi connectivity index (χ3n) is 5.39. The number of hydrogen-bond acceptors (Lipinski definition) is 7. The highest BCUT2D eigenvalue weighted by Gasteiger charge is 2.27. The SMILES string of the molecule is COC(=O)c1ccc2c(=O)n(CC(C)C)c(SCC(=O)N3CCCC(C(N)=O)C3)nc2c1. The number of aromatic nitrogens is 2. The second kappa shape index (κ2) is 10.2. The molecule has 1 aliphatic rings. The first-order chi connectivity index (χ1) is 15.2. The number of primary amides is 1. The highest BCUT2D eigenvalue weighted by atomic mass is 32.2. The lowest BCUT2D eigenvalue weighted by Crippen LogP contribution is -2.44. The summed E-state index contributed by atoms with van der Waals surface area (Å²) < 4.78 is 6.33. The first kappa shape index (κ1) is 23.8. The van der Waals surface area contributed by atoms with Gasteiger partial charge in [-0.2, -0.15) is 0 Å². The van der Waals surface area contributed by atoms with Crippen molar-refractivity contribution in [1.29, 1.82) is 0 Å². The first-order valence-electron chi connectivity index (χ1n) is 10.5. The molecule has 2 aromatic rings. The van der Waals surface area contributed by atoms with Gasteiger partial charge < -0.3 is 15.4 Å². The van der Waals surface area contributed by atoms with Crippen LogP contribution in [0.1, 0.15) is 37.0 Å². The number of hydrogen-bond donors (Lipinski definition) is 1. The van der Waals surface area contributed by atoms with Crippen molar-refractivity contribution in [3.8, 4) is 0 Å². The molecule has 1 saturated heterocycles. The summed E-state index contributed by atoms with van der Waals surface area (Å²) in [6, 6.07) is 4.64. The molecule has 0 spiro atoms. The van der Waals surface area contributed by atoms with Gasteiger partial charge in [-0.15, -0.1) is 0 Å². The van der Waals surface area contributed by atoms with Crippen molar-refractivity contribution < 1.29 is 19.1 Å². The number of esters is 1. The van der Waals surface area contributed by atoms with Gasteiger partial charge in [0.15, 0.2) is 5.16 Å².